The van der Waals surface area contributed by atoms with Gasteiger partial charge in [0.15, 0.2) is 5.60 Å². The third-order valence-corrected chi connectivity index (χ3v) is 3.12. The molecule has 0 aromatic carbocycles. The van der Waals surface area contributed by atoms with Gasteiger partial charge in [-0.2, -0.15) is 26.3 Å². The Kier molecular flexibility index (Phi) is 8.65. The quantitative estimate of drug-likeness (QED) is 0.262. The SMILES string of the molecule is C=CCCCCCCCCOC(=O)C([O-])(C(F)(F)F)C(F)(F)F. The number of rotatable bonds is 10. The summed E-state index contributed by atoms with van der Waals surface area (Å²) >= 11 is 0. The van der Waals surface area contributed by atoms with Crippen LogP contribution in [0.2, 0.25) is 0 Å². The molecule has 0 atom stereocenters. The Morgan fingerprint density at radius 3 is 1.78 bits per heavy atom. The summed E-state index contributed by atoms with van der Waals surface area (Å²) < 4.78 is 77.6. The van der Waals surface area contributed by atoms with Crippen molar-refractivity contribution in [3.8, 4) is 0 Å². The minimum atomic E-state index is -6.31. The van der Waals surface area contributed by atoms with Gasteiger partial charge in [0.25, 0.3) is 0 Å². The Morgan fingerprint density at radius 2 is 1.35 bits per heavy atom. The molecule has 0 radical (unpaired) electrons. The van der Waals surface area contributed by atoms with Crippen molar-refractivity contribution < 1.29 is 41.0 Å². The summed E-state index contributed by atoms with van der Waals surface area (Å²) in [4.78, 5) is 11.0. The summed E-state index contributed by atoms with van der Waals surface area (Å²) in [6.07, 6.45) is -5.97. The van der Waals surface area contributed by atoms with Gasteiger partial charge in [-0.3, -0.25) is 4.79 Å². The number of unbranched alkanes of at least 4 members (excludes halogenated alkanes) is 6. The molecular formula is C14H19F6O3-. The smallest absolute Gasteiger partial charge is 0.399 e. The minimum absolute atomic E-state index is 0.0962. The maximum Gasteiger partial charge on any atom is 0.399 e. The van der Waals surface area contributed by atoms with Gasteiger partial charge in [0.1, 0.15) is 0 Å². The molecule has 9 heteroatoms. The van der Waals surface area contributed by atoms with Crippen molar-refractivity contribution in [2.24, 2.45) is 0 Å². The molecule has 0 saturated carbocycles. The third-order valence-electron chi connectivity index (χ3n) is 3.12. The summed E-state index contributed by atoms with van der Waals surface area (Å²) in [5.74, 6) is -2.86. The van der Waals surface area contributed by atoms with E-state index >= 15 is 0 Å². The van der Waals surface area contributed by atoms with Crippen LogP contribution in [-0.4, -0.2) is 30.5 Å². The molecule has 3 nitrogen and oxygen atoms in total. The topological polar surface area (TPSA) is 49.4 Å². The molecule has 0 bridgehead atoms. The average molecular weight is 349 g/mol. The molecule has 0 aliphatic rings. The predicted octanol–water partition coefficient (Wildman–Crippen LogP) is 3.67. The van der Waals surface area contributed by atoms with E-state index in [0.29, 0.717) is 12.8 Å². The Balaban J connectivity index is 4.20. The van der Waals surface area contributed by atoms with Crippen LogP contribution in [0.4, 0.5) is 26.3 Å². The molecule has 0 spiro atoms. The molecular weight excluding hydrogens is 330 g/mol. The second-order valence-electron chi connectivity index (χ2n) is 5.01. The van der Waals surface area contributed by atoms with Gasteiger partial charge in [-0.15, -0.1) is 6.58 Å². The van der Waals surface area contributed by atoms with Crippen molar-refractivity contribution in [1.82, 2.24) is 0 Å². The van der Waals surface area contributed by atoms with Gasteiger partial charge in [0, 0.05) is 0 Å². The van der Waals surface area contributed by atoms with Crippen molar-refractivity contribution in [2.75, 3.05) is 6.61 Å². The number of allylic oxidation sites excluding steroid dienone is 1. The lowest BCUT2D eigenvalue weighted by atomic mass is 10.0. The van der Waals surface area contributed by atoms with Crippen molar-refractivity contribution in [2.45, 2.75) is 62.9 Å². The van der Waals surface area contributed by atoms with E-state index in [9.17, 15) is 36.2 Å². The maximum absolute atomic E-state index is 12.3. The van der Waals surface area contributed by atoms with E-state index in [2.05, 4.69) is 11.3 Å². The molecule has 0 unspecified atom stereocenters. The van der Waals surface area contributed by atoms with Crippen LogP contribution in [0.1, 0.15) is 44.9 Å². The molecule has 0 heterocycles. The maximum atomic E-state index is 12.3. The Labute approximate surface area is 130 Å². The molecule has 136 valence electrons. The van der Waals surface area contributed by atoms with Crippen LogP contribution < -0.4 is 5.11 Å². The first-order chi connectivity index (χ1) is 10.5. The fourth-order valence-electron chi connectivity index (χ4n) is 1.76. The Morgan fingerprint density at radius 1 is 0.913 bits per heavy atom. The number of ether oxygens (including phenoxy) is 1. The lowest BCUT2D eigenvalue weighted by Crippen LogP contribution is -2.71. The number of alkyl halides is 6. The first-order valence-electron chi connectivity index (χ1n) is 7.10. The fourth-order valence-corrected chi connectivity index (χ4v) is 1.76. The van der Waals surface area contributed by atoms with Crippen molar-refractivity contribution in [1.29, 1.82) is 0 Å². The minimum Gasteiger partial charge on any atom is -0.828 e. The molecule has 0 aliphatic carbocycles. The molecule has 0 fully saturated rings. The van der Waals surface area contributed by atoms with E-state index < -0.39 is 30.5 Å². The van der Waals surface area contributed by atoms with Crippen LogP contribution >= 0.6 is 0 Å². The van der Waals surface area contributed by atoms with Crippen molar-refractivity contribution >= 4 is 5.97 Å². The number of hydrogen-bond donors (Lipinski definition) is 0. The van der Waals surface area contributed by atoms with E-state index in [1.54, 1.807) is 6.08 Å². The predicted molar refractivity (Wildman–Crippen MR) is 68.3 cm³/mol. The third kappa shape index (κ3) is 6.40. The van der Waals surface area contributed by atoms with Crippen molar-refractivity contribution in [3.63, 3.8) is 0 Å². The second kappa shape index (κ2) is 9.14. The summed E-state index contributed by atoms with van der Waals surface area (Å²) in [7, 11) is 0. The van der Waals surface area contributed by atoms with Gasteiger partial charge in [0.2, 0.25) is 0 Å². The first kappa shape index (κ1) is 21.8. The molecule has 0 saturated heterocycles. The molecule has 0 N–H and O–H groups in total. The Bertz CT molecular complexity index is 362. The number of carbonyl (C=O) groups excluding carboxylic acids is 1. The molecule has 0 aromatic heterocycles. The molecule has 23 heavy (non-hydrogen) atoms. The highest BCUT2D eigenvalue weighted by Crippen LogP contribution is 2.41. The van der Waals surface area contributed by atoms with Gasteiger partial charge < -0.3 is 9.84 Å². The highest BCUT2D eigenvalue weighted by Gasteiger charge is 2.68. The fraction of sp³-hybridized carbons (Fsp3) is 0.786. The zero-order valence-electron chi connectivity index (χ0n) is 12.4. The van der Waals surface area contributed by atoms with E-state index in [4.69, 9.17) is 0 Å². The van der Waals surface area contributed by atoms with Crippen LogP contribution in [0.25, 0.3) is 0 Å². The standard InChI is InChI=1S/C14H19F6O3/c1-2-3-4-5-6-7-8-9-10-23-11(21)12(22,13(15,16)17)14(18,19)20/h2H,1,3-10H2/q-1. The molecule has 0 aromatic rings. The number of hydrogen-bond acceptors (Lipinski definition) is 3. The van der Waals surface area contributed by atoms with Gasteiger partial charge in [-0.1, -0.05) is 31.8 Å². The van der Waals surface area contributed by atoms with E-state index in [-0.39, 0.29) is 6.42 Å². The van der Waals surface area contributed by atoms with Crippen LogP contribution in [0.5, 0.6) is 0 Å². The summed E-state index contributed by atoms with van der Waals surface area (Å²) in [5, 5.41) is 11.0. The lowest BCUT2D eigenvalue weighted by molar-refractivity contribution is -0.574. The second-order valence-corrected chi connectivity index (χ2v) is 5.01. The highest BCUT2D eigenvalue weighted by molar-refractivity contribution is 5.81. The van der Waals surface area contributed by atoms with Crippen molar-refractivity contribution in [3.05, 3.63) is 12.7 Å². The zero-order valence-corrected chi connectivity index (χ0v) is 12.4. The van der Waals surface area contributed by atoms with Gasteiger partial charge in [-0.25, -0.2) is 0 Å². The lowest BCUT2D eigenvalue weighted by Gasteiger charge is -2.40. The normalized spacial score (nSPS) is 13.0. The summed E-state index contributed by atoms with van der Waals surface area (Å²) in [5.41, 5.74) is -5.75. The van der Waals surface area contributed by atoms with Crippen LogP contribution in [-0.2, 0) is 9.53 Å². The Hall–Kier alpha value is -1.25. The number of esters is 1. The molecule has 0 rings (SSSR count). The largest absolute Gasteiger partial charge is 0.828 e. The van der Waals surface area contributed by atoms with Gasteiger partial charge in [-0.05, 0) is 19.3 Å². The summed E-state index contributed by atoms with van der Waals surface area (Å²) in [6.45, 7) is 2.90. The molecule has 0 aliphatic heterocycles. The van der Waals surface area contributed by atoms with E-state index in [1.165, 1.54) is 0 Å². The number of carbonyl (C=O) groups is 1. The monoisotopic (exact) mass is 349 g/mol. The zero-order chi connectivity index (χ0) is 18.1. The first-order valence-corrected chi connectivity index (χ1v) is 7.10. The van der Waals surface area contributed by atoms with Crippen LogP contribution in [0.15, 0.2) is 12.7 Å². The summed E-state index contributed by atoms with van der Waals surface area (Å²) in [6, 6.07) is 0. The van der Waals surface area contributed by atoms with Crippen LogP contribution in [0.3, 0.4) is 0 Å². The van der Waals surface area contributed by atoms with E-state index in [1.807, 2.05) is 0 Å². The molecule has 0 amide bonds. The van der Waals surface area contributed by atoms with E-state index in [0.717, 1.165) is 25.7 Å². The van der Waals surface area contributed by atoms with Gasteiger partial charge >= 0.3 is 18.3 Å². The average Bonchev–Trinajstić information content (AvgIpc) is 2.41. The van der Waals surface area contributed by atoms with Gasteiger partial charge in [0.05, 0.1) is 6.61 Å². The highest BCUT2D eigenvalue weighted by atomic mass is 19.4. The van der Waals surface area contributed by atoms with Crippen LogP contribution in [0, 0.1) is 0 Å². The number of halogens is 6.